The number of rotatable bonds is 1. The average Bonchev–Trinajstić information content (AvgIpc) is 2.97. The molecule has 5 nitrogen and oxygen atoms in total. The molecule has 6 heteroatoms. The molecule has 0 amide bonds. The Labute approximate surface area is 109 Å². The number of anilines is 1. The second-order valence-electron chi connectivity index (χ2n) is 5.40. The van der Waals surface area contributed by atoms with Gasteiger partial charge < -0.3 is 9.64 Å². The maximum absolute atomic E-state index is 12.0. The lowest BCUT2D eigenvalue weighted by Crippen LogP contribution is -2.46. The van der Waals surface area contributed by atoms with Crippen LogP contribution in [0.5, 0.6) is 0 Å². The van der Waals surface area contributed by atoms with Crippen molar-refractivity contribution in [2.45, 2.75) is 38.0 Å². The fourth-order valence-corrected chi connectivity index (χ4v) is 3.92. The van der Waals surface area contributed by atoms with Crippen molar-refractivity contribution < 1.29 is 4.74 Å². The normalized spacial score (nSPS) is 31.9. The molecule has 3 aliphatic heterocycles. The van der Waals surface area contributed by atoms with Crippen molar-refractivity contribution in [1.82, 2.24) is 9.55 Å². The number of morpholine rings is 1. The number of halogens is 1. The molecule has 4 heterocycles. The molecule has 0 N–H and O–H groups in total. The minimum Gasteiger partial charge on any atom is -0.374 e. The molecular weight excluding hydrogens is 254 g/mol. The van der Waals surface area contributed by atoms with Gasteiger partial charge in [0.15, 0.2) is 0 Å². The highest BCUT2D eigenvalue weighted by atomic mass is 35.5. The average molecular weight is 268 g/mol. The first-order chi connectivity index (χ1) is 8.64. The molecule has 0 aromatic carbocycles. The summed E-state index contributed by atoms with van der Waals surface area (Å²) in [7, 11) is 0. The second kappa shape index (κ2) is 3.27. The molecule has 2 bridgehead atoms. The minimum atomic E-state index is -0.237. The Bertz CT molecular complexity index is 600. The topological polar surface area (TPSA) is 47.4 Å². The largest absolute Gasteiger partial charge is 0.374 e. The predicted octanol–water partition coefficient (Wildman–Crippen LogP) is 0.820. The smallest absolute Gasteiger partial charge is 0.350 e. The molecule has 2 fully saturated rings. The molecule has 1 spiro atoms. The fourth-order valence-electron chi connectivity index (χ4n) is 3.63. The standard InChI is InChI=1S/C12H14ClN3O2/c1-2-8-9(13)14-11(17)15-5-12-3-7(18-6-12)4-16(12)10(8)15/h7H,2-6H2,1H3/t7-,12+/m0/s1. The molecule has 0 saturated carbocycles. The van der Waals surface area contributed by atoms with E-state index >= 15 is 0 Å². The molecule has 0 radical (unpaired) electrons. The summed E-state index contributed by atoms with van der Waals surface area (Å²) >= 11 is 6.12. The summed E-state index contributed by atoms with van der Waals surface area (Å²) < 4.78 is 7.49. The van der Waals surface area contributed by atoms with Crippen molar-refractivity contribution in [3.63, 3.8) is 0 Å². The molecule has 2 atom stereocenters. The van der Waals surface area contributed by atoms with Crippen LogP contribution in [0.25, 0.3) is 0 Å². The Hall–Kier alpha value is -1.07. The van der Waals surface area contributed by atoms with E-state index in [1.807, 2.05) is 6.92 Å². The SMILES string of the molecule is CCc1c(Cl)nc(=O)n2c1N1C[C@@H]3C[C@]1(CO3)C2. The molecule has 1 aromatic heterocycles. The van der Waals surface area contributed by atoms with E-state index in [2.05, 4.69) is 9.88 Å². The molecule has 96 valence electrons. The van der Waals surface area contributed by atoms with Gasteiger partial charge in [0.05, 0.1) is 24.8 Å². The van der Waals surface area contributed by atoms with E-state index in [0.717, 1.165) is 30.8 Å². The van der Waals surface area contributed by atoms with Gasteiger partial charge in [0.25, 0.3) is 0 Å². The summed E-state index contributed by atoms with van der Waals surface area (Å²) in [6, 6.07) is 0. The predicted molar refractivity (Wildman–Crippen MR) is 67.3 cm³/mol. The number of hydrogen-bond acceptors (Lipinski definition) is 4. The van der Waals surface area contributed by atoms with E-state index in [1.54, 1.807) is 4.57 Å². The zero-order valence-electron chi connectivity index (χ0n) is 10.1. The lowest BCUT2D eigenvalue weighted by molar-refractivity contribution is 0.0856. The van der Waals surface area contributed by atoms with Crippen molar-refractivity contribution in [1.29, 1.82) is 0 Å². The van der Waals surface area contributed by atoms with Crippen LogP contribution in [-0.2, 0) is 17.7 Å². The Balaban J connectivity index is 1.97. The van der Waals surface area contributed by atoms with Crippen LogP contribution in [0.4, 0.5) is 5.82 Å². The van der Waals surface area contributed by atoms with Crippen LogP contribution in [0.15, 0.2) is 4.79 Å². The third kappa shape index (κ3) is 1.12. The van der Waals surface area contributed by atoms with Crippen molar-refractivity contribution in [3.05, 3.63) is 21.2 Å². The summed E-state index contributed by atoms with van der Waals surface area (Å²) in [5.74, 6) is 0.980. The Morgan fingerprint density at radius 1 is 1.61 bits per heavy atom. The Kier molecular flexibility index (Phi) is 1.97. The first-order valence-electron chi connectivity index (χ1n) is 6.33. The lowest BCUT2D eigenvalue weighted by atomic mass is 10.0. The first kappa shape index (κ1) is 10.8. The van der Waals surface area contributed by atoms with Crippen LogP contribution < -0.4 is 10.6 Å². The molecule has 3 aliphatic rings. The van der Waals surface area contributed by atoms with Gasteiger partial charge in [-0.3, -0.25) is 4.57 Å². The van der Waals surface area contributed by atoms with E-state index < -0.39 is 0 Å². The van der Waals surface area contributed by atoms with Gasteiger partial charge in [-0.15, -0.1) is 0 Å². The van der Waals surface area contributed by atoms with Gasteiger partial charge in [-0.25, -0.2) is 4.79 Å². The van der Waals surface area contributed by atoms with E-state index in [-0.39, 0.29) is 11.2 Å². The summed E-state index contributed by atoms with van der Waals surface area (Å²) in [6.45, 7) is 4.31. The summed E-state index contributed by atoms with van der Waals surface area (Å²) in [5, 5.41) is 0.356. The Morgan fingerprint density at radius 2 is 2.44 bits per heavy atom. The molecule has 1 aromatic rings. The van der Waals surface area contributed by atoms with Crippen LogP contribution in [0, 0.1) is 0 Å². The van der Waals surface area contributed by atoms with Gasteiger partial charge in [-0.2, -0.15) is 4.98 Å². The first-order valence-corrected chi connectivity index (χ1v) is 6.71. The number of aromatic nitrogens is 2. The van der Waals surface area contributed by atoms with Gasteiger partial charge in [0.1, 0.15) is 11.0 Å². The van der Waals surface area contributed by atoms with Crippen molar-refractivity contribution in [2.24, 2.45) is 0 Å². The number of nitrogens with zero attached hydrogens (tertiary/aromatic N) is 3. The number of hydrogen-bond donors (Lipinski definition) is 0. The number of fused-ring (bicyclic) bond motifs is 3. The van der Waals surface area contributed by atoms with Gasteiger partial charge >= 0.3 is 5.69 Å². The highest BCUT2D eigenvalue weighted by Gasteiger charge is 2.57. The third-order valence-corrected chi connectivity index (χ3v) is 4.73. The van der Waals surface area contributed by atoms with Crippen molar-refractivity contribution >= 4 is 17.4 Å². The van der Waals surface area contributed by atoms with Crippen LogP contribution in [0.3, 0.4) is 0 Å². The van der Waals surface area contributed by atoms with Crippen LogP contribution in [0.1, 0.15) is 18.9 Å². The Morgan fingerprint density at radius 3 is 3.17 bits per heavy atom. The molecule has 2 saturated heterocycles. The van der Waals surface area contributed by atoms with Crippen LogP contribution in [-0.4, -0.2) is 34.3 Å². The lowest BCUT2D eigenvalue weighted by Gasteiger charge is -2.32. The summed E-state index contributed by atoms with van der Waals surface area (Å²) in [5.41, 5.74) is 0.729. The van der Waals surface area contributed by atoms with Gasteiger partial charge in [-0.05, 0) is 6.42 Å². The highest BCUT2D eigenvalue weighted by Crippen LogP contribution is 2.47. The maximum Gasteiger partial charge on any atom is 0.350 e. The fraction of sp³-hybridized carbons (Fsp3) is 0.667. The molecule has 18 heavy (non-hydrogen) atoms. The maximum atomic E-state index is 12.0. The van der Waals surface area contributed by atoms with Crippen LogP contribution in [0.2, 0.25) is 5.15 Å². The molecule has 4 rings (SSSR count). The summed E-state index contributed by atoms with van der Waals surface area (Å²) in [4.78, 5) is 18.3. The highest BCUT2D eigenvalue weighted by molar-refractivity contribution is 6.30. The second-order valence-corrected chi connectivity index (χ2v) is 5.76. The molecular formula is C12H14ClN3O2. The molecule has 0 aliphatic carbocycles. The monoisotopic (exact) mass is 267 g/mol. The zero-order valence-corrected chi connectivity index (χ0v) is 10.9. The number of ether oxygens (including phenoxy) is 1. The van der Waals surface area contributed by atoms with Gasteiger partial charge in [0.2, 0.25) is 0 Å². The third-order valence-electron chi connectivity index (χ3n) is 4.42. The van der Waals surface area contributed by atoms with E-state index in [4.69, 9.17) is 16.3 Å². The van der Waals surface area contributed by atoms with E-state index in [0.29, 0.717) is 24.4 Å². The van der Waals surface area contributed by atoms with Crippen LogP contribution >= 0.6 is 11.6 Å². The van der Waals surface area contributed by atoms with E-state index in [9.17, 15) is 4.79 Å². The zero-order chi connectivity index (χ0) is 12.5. The quantitative estimate of drug-likeness (QED) is 0.707. The van der Waals surface area contributed by atoms with E-state index in [1.165, 1.54) is 0 Å². The van der Waals surface area contributed by atoms with Crippen molar-refractivity contribution in [3.8, 4) is 0 Å². The van der Waals surface area contributed by atoms with Gasteiger partial charge in [-0.1, -0.05) is 18.5 Å². The van der Waals surface area contributed by atoms with Gasteiger partial charge in [0, 0.05) is 18.5 Å². The molecule has 0 unspecified atom stereocenters. The minimum absolute atomic E-state index is 0.0207. The van der Waals surface area contributed by atoms with Crippen molar-refractivity contribution in [2.75, 3.05) is 18.1 Å². The summed E-state index contributed by atoms with van der Waals surface area (Å²) in [6.07, 6.45) is 2.11.